The van der Waals surface area contributed by atoms with E-state index in [0.717, 1.165) is 28.6 Å². The molecule has 0 saturated carbocycles. The summed E-state index contributed by atoms with van der Waals surface area (Å²) >= 11 is 1.53. The summed E-state index contributed by atoms with van der Waals surface area (Å²) in [4.78, 5) is 12.3. The highest BCUT2D eigenvalue weighted by molar-refractivity contribution is 7.08. The third kappa shape index (κ3) is 3.37. The van der Waals surface area contributed by atoms with Crippen molar-refractivity contribution in [1.29, 1.82) is 0 Å². The monoisotopic (exact) mass is 342 g/mol. The van der Waals surface area contributed by atoms with Gasteiger partial charge in [-0.25, -0.2) is 0 Å². The zero-order valence-corrected chi connectivity index (χ0v) is 14.8. The summed E-state index contributed by atoms with van der Waals surface area (Å²) < 4.78 is 2.15. The second-order valence-corrected chi connectivity index (χ2v) is 6.98. The Morgan fingerprint density at radius 2 is 2.12 bits per heavy atom. The second kappa shape index (κ2) is 6.79. The van der Waals surface area contributed by atoms with Gasteiger partial charge in [0.1, 0.15) is 5.60 Å². The van der Waals surface area contributed by atoms with Crippen LogP contribution in [0.1, 0.15) is 25.0 Å². The maximum atomic E-state index is 12.3. The Bertz CT molecular complexity index is 834. The van der Waals surface area contributed by atoms with Gasteiger partial charge in [0.2, 0.25) is 5.91 Å². The minimum atomic E-state index is -1.05. The van der Waals surface area contributed by atoms with Crippen molar-refractivity contribution in [3.05, 3.63) is 58.4 Å². The van der Waals surface area contributed by atoms with Crippen molar-refractivity contribution >= 4 is 28.1 Å². The van der Waals surface area contributed by atoms with E-state index in [1.54, 1.807) is 6.92 Å². The van der Waals surface area contributed by atoms with Gasteiger partial charge in [-0.1, -0.05) is 18.2 Å². The number of aromatic nitrogens is 1. The van der Waals surface area contributed by atoms with Gasteiger partial charge in [0, 0.05) is 23.6 Å². The van der Waals surface area contributed by atoms with E-state index >= 15 is 0 Å². The van der Waals surface area contributed by atoms with Crippen molar-refractivity contribution in [3.8, 4) is 0 Å². The fourth-order valence-corrected chi connectivity index (χ4v) is 3.69. The molecule has 126 valence electrons. The second-order valence-electron chi connectivity index (χ2n) is 6.20. The lowest BCUT2D eigenvalue weighted by molar-refractivity contribution is -0.121. The highest BCUT2D eigenvalue weighted by Gasteiger charge is 2.24. The number of carbonyl (C=O) groups is 1. The van der Waals surface area contributed by atoms with Crippen molar-refractivity contribution in [2.45, 2.75) is 32.4 Å². The van der Waals surface area contributed by atoms with E-state index in [4.69, 9.17) is 0 Å². The van der Waals surface area contributed by atoms with Crippen LogP contribution in [0.4, 0.5) is 0 Å². The van der Waals surface area contributed by atoms with Gasteiger partial charge in [-0.3, -0.25) is 4.79 Å². The molecule has 3 rings (SSSR count). The van der Waals surface area contributed by atoms with Crippen LogP contribution >= 0.6 is 11.3 Å². The molecule has 0 aliphatic carbocycles. The lowest BCUT2D eigenvalue weighted by atomic mass is 9.99. The van der Waals surface area contributed by atoms with E-state index in [0.29, 0.717) is 6.42 Å². The number of benzene rings is 1. The smallest absolute Gasteiger partial charge is 0.224 e. The number of carbonyl (C=O) groups excluding carboxylic acids is 1. The van der Waals surface area contributed by atoms with Crippen molar-refractivity contribution in [2.24, 2.45) is 0 Å². The number of aliphatic hydroxyl groups is 1. The van der Waals surface area contributed by atoms with Crippen molar-refractivity contribution in [2.75, 3.05) is 6.54 Å². The molecule has 24 heavy (non-hydrogen) atoms. The number of nitrogens with zero attached hydrogens (tertiary/aromatic N) is 1. The molecule has 0 fully saturated rings. The number of amides is 1. The van der Waals surface area contributed by atoms with Gasteiger partial charge in [0.05, 0.1) is 13.0 Å². The summed E-state index contributed by atoms with van der Waals surface area (Å²) in [6.07, 6.45) is 2.36. The van der Waals surface area contributed by atoms with Crippen LogP contribution in [-0.4, -0.2) is 22.1 Å². The molecule has 5 heteroatoms. The maximum absolute atomic E-state index is 12.3. The Morgan fingerprint density at radius 1 is 1.33 bits per heavy atom. The maximum Gasteiger partial charge on any atom is 0.224 e. The molecule has 0 saturated heterocycles. The third-order valence-electron chi connectivity index (χ3n) is 4.34. The lowest BCUT2D eigenvalue weighted by Crippen LogP contribution is -2.39. The molecule has 2 N–H and O–H groups in total. The van der Waals surface area contributed by atoms with Gasteiger partial charge < -0.3 is 15.0 Å². The van der Waals surface area contributed by atoms with Crippen molar-refractivity contribution in [1.82, 2.24) is 9.88 Å². The van der Waals surface area contributed by atoms with Gasteiger partial charge in [-0.05, 0) is 47.9 Å². The fraction of sp³-hybridized carbons (Fsp3) is 0.316. The molecule has 0 radical (unpaired) electrons. The molecule has 4 nitrogen and oxygen atoms in total. The molecule has 2 aromatic heterocycles. The molecule has 3 aromatic rings. The first-order chi connectivity index (χ1) is 11.5. The molecule has 1 aromatic carbocycles. The van der Waals surface area contributed by atoms with Crippen LogP contribution in [0.25, 0.3) is 10.9 Å². The SMILES string of the molecule is CCn1cc(CC(=O)NCC(C)(O)c2ccsc2)c2ccccc21. The van der Waals surface area contributed by atoms with E-state index in [1.807, 2.05) is 41.2 Å². The van der Waals surface area contributed by atoms with Gasteiger partial charge in [-0.2, -0.15) is 11.3 Å². The quantitative estimate of drug-likeness (QED) is 0.722. The summed E-state index contributed by atoms with van der Waals surface area (Å²) in [6, 6.07) is 10.0. The molecule has 0 aliphatic heterocycles. The van der Waals surface area contributed by atoms with Gasteiger partial charge in [-0.15, -0.1) is 0 Å². The predicted molar refractivity (Wildman–Crippen MR) is 98.2 cm³/mol. The predicted octanol–water partition coefficient (Wildman–Crippen LogP) is 3.29. The first-order valence-corrected chi connectivity index (χ1v) is 9.04. The minimum Gasteiger partial charge on any atom is -0.384 e. The Morgan fingerprint density at radius 3 is 2.83 bits per heavy atom. The first kappa shape index (κ1) is 16.7. The van der Waals surface area contributed by atoms with E-state index in [1.165, 1.54) is 11.3 Å². The molecule has 0 spiro atoms. The number of para-hydroxylation sites is 1. The number of nitrogens with one attached hydrogen (secondary N) is 1. The summed E-state index contributed by atoms with van der Waals surface area (Å²) in [5.74, 6) is -0.0792. The van der Waals surface area contributed by atoms with Gasteiger partial charge >= 0.3 is 0 Å². The summed E-state index contributed by atoms with van der Waals surface area (Å²) in [7, 11) is 0. The molecule has 1 unspecified atom stereocenters. The summed E-state index contributed by atoms with van der Waals surface area (Å²) in [5, 5.41) is 18.3. The molecule has 0 bridgehead atoms. The van der Waals surface area contributed by atoms with Crippen LogP contribution in [0, 0.1) is 0 Å². The molecule has 1 atom stereocenters. The number of aryl methyl sites for hydroxylation is 1. The Balaban J connectivity index is 1.69. The lowest BCUT2D eigenvalue weighted by Gasteiger charge is -2.22. The number of fused-ring (bicyclic) bond motifs is 1. The molecule has 1 amide bonds. The van der Waals surface area contributed by atoms with Crippen LogP contribution < -0.4 is 5.32 Å². The number of hydrogen-bond acceptors (Lipinski definition) is 3. The molecule has 0 aliphatic rings. The number of hydrogen-bond donors (Lipinski definition) is 2. The average molecular weight is 342 g/mol. The molecule has 2 heterocycles. The van der Waals surface area contributed by atoms with Crippen molar-refractivity contribution in [3.63, 3.8) is 0 Å². The Kier molecular flexibility index (Phi) is 4.73. The van der Waals surface area contributed by atoms with E-state index in [9.17, 15) is 9.90 Å². The number of rotatable bonds is 6. The zero-order chi connectivity index (χ0) is 17.2. The average Bonchev–Trinajstić information content (AvgIpc) is 3.22. The number of thiophene rings is 1. The van der Waals surface area contributed by atoms with Crippen LogP contribution in [-0.2, 0) is 23.4 Å². The summed E-state index contributed by atoms with van der Waals surface area (Å²) in [5.41, 5.74) is 1.94. The first-order valence-electron chi connectivity index (χ1n) is 8.10. The zero-order valence-electron chi connectivity index (χ0n) is 14.0. The molecular formula is C19H22N2O2S. The van der Waals surface area contributed by atoms with Gasteiger partial charge in [0.25, 0.3) is 0 Å². The fourth-order valence-electron chi connectivity index (χ4n) is 2.90. The van der Waals surface area contributed by atoms with Crippen LogP contribution in [0.15, 0.2) is 47.3 Å². The third-order valence-corrected chi connectivity index (χ3v) is 5.02. The van der Waals surface area contributed by atoms with Crippen molar-refractivity contribution < 1.29 is 9.90 Å². The van der Waals surface area contributed by atoms with Gasteiger partial charge in [0.15, 0.2) is 0 Å². The Hall–Kier alpha value is -2.11. The van der Waals surface area contributed by atoms with E-state index in [-0.39, 0.29) is 12.5 Å². The Labute approximate surface area is 145 Å². The largest absolute Gasteiger partial charge is 0.384 e. The van der Waals surface area contributed by atoms with Crippen LogP contribution in [0.5, 0.6) is 0 Å². The normalized spacial score (nSPS) is 13.8. The van der Waals surface area contributed by atoms with Crippen LogP contribution in [0.2, 0.25) is 0 Å². The van der Waals surface area contributed by atoms with Crippen LogP contribution in [0.3, 0.4) is 0 Å². The minimum absolute atomic E-state index is 0.0792. The van der Waals surface area contributed by atoms with E-state index in [2.05, 4.69) is 22.9 Å². The van der Waals surface area contributed by atoms with E-state index < -0.39 is 5.60 Å². The molecular weight excluding hydrogens is 320 g/mol. The topological polar surface area (TPSA) is 54.3 Å². The summed E-state index contributed by atoms with van der Waals surface area (Å²) in [6.45, 7) is 4.89. The highest BCUT2D eigenvalue weighted by atomic mass is 32.1. The standard InChI is InChI=1S/C19H22N2O2S/c1-3-21-11-14(16-6-4-5-7-17(16)21)10-18(22)20-13-19(2,23)15-8-9-24-12-15/h4-9,11-12,23H,3,10,13H2,1-2H3,(H,20,22). The highest BCUT2D eigenvalue weighted by Crippen LogP contribution is 2.23.